The lowest BCUT2D eigenvalue weighted by Crippen LogP contribution is -2.52. The van der Waals surface area contributed by atoms with Crippen LogP contribution >= 0.6 is 11.5 Å². The second kappa shape index (κ2) is 5.69. The molecule has 0 atom stereocenters. The third-order valence-corrected chi connectivity index (χ3v) is 4.42. The molecule has 6 heteroatoms. The average molecular weight is 281 g/mol. The molecule has 1 heterocycles. The third-order valence-electron chi connectivity index (χ3n) is 3.70. The molecule has 1 aromatic heterocycles. The quantitative estimate of drug-likeness (QED) is 0.881. The number of amides is 2. The summed E-state index contributed by atoms with van der Waals surface area (Å²) >= 11 is 1.27. The molecule has 0 spiro atoms. The Balaban J connectivity index is 2.14. The minimum absolute atomic E-state index is 0.144. The van der Waals surface area contributed by atoms with Crippen LogP contribution in [0.1, 0.15) is 54.6 Å². The number of primary amides is 1. The smallest absolute Gasteiger partial charge is 0.254 e. The Kier molecular flexibility index (Phi) is 4.19. The number of nitrogens with two attached hydrogens (primary N) is 1. The van der Waals surface area contributed by atoms with Crippen molar-refractivity contribution >= 4 is 23.3 Å². The highest BCUT2D eigenvalue weighted by molar-refractivity contribution is 7.03. The molecule has 5 nitrogen and oxygen atoms in total. The van der Waals surface area contributed by atoms with Crippen LogP contribution in [0.25, 0.3) is 0 Å². The first-order valence-electron chi connectivity index (χ1n) is 6.54. The zero-order chi connectivity index (χ0) is 13.9. The summed E-state index contributed by atoms with van der Waals surface area (Å²) in [7, 11) is 0. The van der Waals surface area contributed by atoms with Crippen molar-refractivity contribution in [2.24, 2.45) is 5.73 Å². The van der Waals surface area contributed by atoms with Crippen LogP contribution in [-0.2, 0) is 4.79 Å². The van der Waals surface area contributed by atoms with Crippen LogP contribution in [0, 0.1) is 6.92 Å². The lowest BCUT2D eigenvalue weighted by molar-refractivity contribution is -0.119. The molecule has 1 fully saturated rings. The number of aryl methyl sites for hydroxylation is 1. The summed E-state index contributed by atoms with van der Waals surface area (Å²) in [5, 5.41) is 4.78. The number of hydrogen-bond donors (Lipinski definition) is 2. The lowest BCUT2D eigenvalue weighted by Gasteiger charge is -2.37. The Bertz CT molecular complexity index is 478. The van der Waals surface area contributed by atoms with E-state index in [1.807, 2.05) is 6.92 Å². The molecule has 0 aliphatic heterocycles. The van der Waals surface area contributed by atoms with Gasteiger partial charge in [-0.3, -0.25) is 9.59 Å². The summed E-state index contributed by atoms with van der Waals surface area (Å²) in [6.07, 6.45) is 5.05. The molecule has 1 aliphatic carbocycles. The minimum atomic E-state index is -0.463. The largest absolute Gasteiger partial charge is 0.370 e. The van der Waals surface area contributed by atoms with Crippen LogP contribution in [0.4, 0.5) is 0 Å². The SMILES string of the molecule is Cc1nscc1C(=O)NC1(CC(N)=O)CCCCC1. The molecule has 0 bridgehead atoms. The molecule has 1 aliphatic rings. The molecule has 0 saturated heterocycles. The van der Waals surface area contributed by atoms with E-state index in [-0.39, 0.29) is 18.2 Å². The van der Waals surface area contributed by atoms with Gasteiger partial charge in [0, 0.05) is 17.3 Å². The Labute approximate surface area is 116 Å². The van der Waals surface area contributed by atoms with Gasteiger partial charge in [0.15, 0.2) is 0 Å². The maximum Gasteiger partial charge on any atom is 0.254 e. The van der Waals surface area contributed by atoms with Gasteiger partial charge in [-0.25, -0.2) is 0 Å². The van der Waals surface area contributed by atoms with E-state index in [9.17, 15) is 9.59 Å². The van der Waals surface area contributed by atoms with Gasteiger partial charge in [-0.05, 0) is 31.3 Å². The van der Waals surface area contributed by atoms with E-state index in [2.05, 4.69) is 9.69 Å². The van der Waals surface area contributed by atoms with Crippen LogP contribution < -0.4 is 11.1 Å². The molecule has 1 aromatic rings. The molecular formula is C13H19N3O2S. The normalized spacial score (nSPS) is 17.9. The van der Waals surface area contributed by atoms with Crippen LogP contribution in [0.5, 0.6) is 0 Å². The van der Waals surface area contributed by atoms with Gasteiger partial charge in [0.05, 0.1) is 11.3 Å². The topological polar surface area (TPSA) is 85.1 Å². The lowest BCUT2D eigenvalue weighted by atomic mass is 9.79. The number of nitrogens with zero attached hydrogens (tertiary/aromatic N) is 1. The van der Waals surface area contributed by atoms with Crippen LogP contribution in [-0.4, -0.2) is 21.7 Å². The second-order valence-corrected chi connectivity index (χ2v) is 5.88. The maximum absolute atomic E-state index is 12.3. The summed E-state index contributed by atoms with van der Waals surface area (Å²) < 4.78 is 4.10. The van der Waals surface area contributed by atoms with Crippen molar-refractivity contribution in [2.75, 3.05) is 0 Å². The van der Waals surface area contributed by atoms with Gasteiger partial charge in [-0.1, -0.05) is 19.3 Å². The summed E-state index contributed by atoms with van der Waals surface area (Å²) in [5.41, 5.74) is 6.20. The van der Waals surface area contributed by atoms with E-state index >= 15 is 0 Å². The number of rotatable bonds is 4. The Hall–Kier alpha value is -1.43. The van der Waals surface area contributed by atoms with Crippen LogP contribution in [0.2, 0.25) is 0 Å². The molecule has 19 heavy (non-hydrogen) atoms. The van der Waals surface area contributed by atoms with E-state index in [1.165, 1.54) is 11.5 Å². The van der Waals surface area contributed by atoms with E-state index in [1.54, 1.807) is 5.38 Å². The van der Waals surface area contributed by atoms with E-state index in [0.717, 1.165) is 37.8 Å². The first-order valence-corrected chi connectivity index (χ1v) is 7.38. The van der Waals surface area contributed by atoms with Crippen molar-refractivity contribution in [1.82, 2.24) is 9.69 Å². The van der Waals surface area contributed by atoms with Gasteiger partial charge in [0.1, 0.15) is 0 Å². The highest BCUT2D eigenvalue weighted by Gasteiger charge is 2.35. The van der Waals surface area contributed by atoms with Crippen molar-refractivity contribution < 1.29 is 9.59 Å². The molecule has 1 saturated carbocycles. The van der Waals surface area contributed by atoms with Crippen molar-refractivity contribution in [1.29, 1.82) is 0 Å². The third kappa shape index (κ3) is 3.32. The molecule has 0 aromatic carbocycles. The van der Waals surface area contributed by atoms with E-state index in [0.29, 0.717) is 5.56 Å². The van der Waals surface area contributed by atoms with Gasteiger partial charge in [-0.2, -0.15) is 4.37 Å². The van der Waals surface area contributed by atoms with Gasteiger partial charge in [-0.15, -0.1) is 0 Å². The van der Waals surface area contributed by atoms with Crippen LogP contribution in [0.15, 0.2) is 5.38 Å². The molecule has 2 rings (SSSR count). The van der Waals surface area contributed by atoms with Gasteiger partial charge >= 0.3 is 0 Å². The van der Waals surface area contributed by atoms with Crippen molar-refractivity contribution in [2.45, 2.75) is 51.0 Å². The van der Waals surface area contributed by atoms with Crippen molar-refractivity contribution in [3.63, 3.8) is 0 Å². The Morgan fingerprint density at radius 1 is 1.42 bits per heavy atom. The molecular weight excluding hydrogens is 262 g/mol. The molecule has 0 unspecified atom stereocenters. The predicted octanol–water partition coefficient (Wildman–Crippen LogP) is 1.76. The number of carbonyl (C=O) groups excluding carboxylic acids is 2. The minimum Gasteiger partial charge on any atom is -0.370 e. The zero-order valence-electron chi connectivity index (χ0n) is 11.1. The summed E-state index contributed by atoms with van der Waals surface area (Å²) in [6, 6.07) is 0. The fourth-order valence-electron chi connectivity index (χ4n) is 2.73. The number of nitrogens with one attached hydrogen (secondary N) is 1. The van der Waals surface area contributed by atoms with Crippen molar-refractivity contribution in [3.8, 4) is 0 Å². The van der Waals surface area contributed by atoms with E-state index in [4.69, 9.17) is 5.73 Å². The number of hydrogen-bond acceptors (Lipinski definition) is 4. The monoisotopic (exact) mass is 281 g/mol. The Morgan fingerprint density at radius 2 is 2.11 bits per heavy atom. The fraction of sp³-hybridized carbons (Fsp3) is 0.615. The highest BCUT2D eigenvalue weighted by Crippen LogP contribution is 2.31. The standard InChI is InChI=1S/C13H19N3O2S/c1-9-10(8-19-16-9)12(18)15-13(7-11(14)17)5-3-2-4-6-13/h8H,2-7H2,1H3,(H2,14,17)(H,15,18). The first-order chi connectivity index (χ1) is 9.02. The number of aromatic nitrogens is 1. The predicted molar refractivity (Wildman–Crippen MR) is 73.9 cm³/mol. The molecule has 2 amide bonds. The average Bonchev–Trinajstić information content (AvgIpc) is 2.75. The molecule has 104 valence electrons. The first kappa shape index (κ1) is 14.0. The molecule has 3 N–H and O–H groups in total. The van der Waals surface area contributed by atoms with Crippen LogP contribution in [0.3, 0.4) is 0 Å². The zero-order valence-corrected chi connectivity index (χ0v) is 11.9. The number of carbonyl (C=O) groups is 2. The highest BCUT2D eigenvalue weighted by atomic mass is 32.1. The summed E-state index contributed by atoms with van der Waals surface area (Å²) in [4.78, 5) is 23.6. The molecule has 0 radical (unpaired) electrons. The summed E-state index contributed by atoms with van der Waals surface area (Å²) in [6.45, 7) is 1.81. The fourth-order valence-corrected chi connectivity index (χ4v) is 3.42. The van der Waals surface area contributed by atoms with Gasteiger partial charge < -0.3 is 11.1 Å². The van der Waals surface area contributed by atoms with Crippen molar-refractivity contribution in [3.05, 3.63) is 16.6 Å². The summed E-state index contributed by atoms with van der Waals surface area (Å²) in [5.74, 6) is -0.503. The van der Waals surface area contributed by atoms with E-state index < -0.39 is 5.54 Å². The maximum atomic E-state index is 12.3. The van der Waals surface area contributed by atoms with Gasteiger partial charge in [0.2, 0.25) is 5.91 Å². The van der Waals surface area contributed by atoms with Gasteiger partial charge in [0.25, 0.3) is 5.91 Å². The Morgan fingerprint density at radius 3 is 2.63 bits per heavy atom. The second-order valence-electron chi connectivity index (χ2n) is 5.25.